The molecule has 0 saturated carbocycles. The summed E-state index contributed by atoms with van der Waals surface area (Å²) in [5.41, 5.74) is 3.20. The number of nitrogens with one attached hydrogen (secondary N) is 1. The first kappa shape index (κ1) is 15.5. The molecule has 1 heterocycles. The Labute approximate surface area is 143 Å². The lowest BCUT2D eigenvalue weighted by Crippen LogP contribution is -2.18. The van der Waals surface area contributed by atoms with Crippen molar-refractivity contribution in [2.45, 2.75) is 9.79 Å². The van der Waals surface area contributed by atoms with Gasteiger partial charge < -0.3 is 0 Å². The lowest BCUT2D eigenvalue weighted by atomic mass is 10.2. The van der Waals surface area contributed by atoms with Gasteiger partial charge in [-0.25, -0.2) is 5.43 Å². The van der Waals surface area contributed by atoms with Crippen LogP contribution in [0.25, 0.3) is 0 Å². The van der Waals surface area contributed by atoms with Crippen molar-refractivity contribution in [1.82, 2.24) is 5.43 Å². The number of hydrazone groups is 1. The summed E-state index contributed by atoms with van der Waals surface area (Å²) in [6.07, 6.45) is 1.65. The predicted molar refractivity (Wildman–Crippen MR) is 96.4 cm³/mol. The van der Waals surface area contributed by atoms with Gasteiger partial charge in [0.2, 0.25) is 0 Å². The van der Waals surface area contributed by atoms with Crippen molar-refractivity contribution in [1.29, 1.82) is 0 Å². The van der Waals surface area contributed by atoms with Crippen LogP contribution in [0.4, 0.5) is 0 Å². The van der Waals surface area contributed by atoms with E-state index in [0.717, 1.165) is 14.7 Å². The Morgan fingerprint density at radius 3 is 2.57 bits per heavy atom. The van der Waals surface area contributed by atoms with E-state index >= 15 is 0 Å². The number of hydrogen-bond acceptors (Lipinski definition) is 4. The average Bonchev–Trinajstić information content (AvgIpc) is 3.09. The fraction of sp³-hybridized carbons (Fsp3) is 0. The molecule has 0 radical (unpaired) electrons. The first-order chi connectivity index (χ1) is 11.3. The lowest BCUT2D eigenvalue weighted by Gasteiger charge is -2.07. The number of hydrogen-bond donors (Lipinski definition) is 1. The standard InChI is InChI=1S/C18H14N2OS2/c21-18(20-19-13-15-9-6-12-22-15)16-10-4-5-11-17(16)23-14-7-2-1-3-8-14/h1-13H,(H,20,21). The molecule has 1 N–H and O–H groups in total. The van der Waals surface area contributed by atoms with E-state index in [2.05, 4.69) is 10.5 Å². The Morgan fingerprint density at radius 1 is 1.00 bits per heavy atom. The van der Waals surface area contributed by atoms with Crippen molar-refractivity contribution in [3.63, 3.8) is 0 Å². The number of amides is 1. The van der Waals surface area contributed by atoms with Crippen LogP contribution >= 0.6 is 23.1 Å². The zero-order chi connectivity index (χ0) is 15.9. The van der Waals surface area contributed by atoms with E-state index in [-0.39, 0.29) is 5.91 Å². The Bertz CT molecular complexity index is 799. The van der Waals surface area contributed by atoms with Gasteiger partial charge in [0.25, 0.3) is 5.91 Å². The highest BCUT2D eigenvalue weighted by molar-refractivity contribution is 7.99. The molecule has 0 saturated heterocycles. The molecule has 5 heteroatoms. The maximum Gasteiger partial charge on any atom is 0.272 e. The van der Waals surface area contributed by atoms with Crippen molar-refractivity contribution in [3.8, 4) is 0 Å². The van der Waals surface area contributed by atoms with E-state index in [1.165, 1.54) is 0 Å². The monoisotopic (exact) mass is 338 g/mol. The van der Waals surface area contributed by atoms with Crippen molar-refractivity contribution in [2.75, 3.05) is 0 Å². The van der Waals surface area contributed by atoms with Crippen molar-refractivity contribution in [3.05, 3.63) is 82.6 Å². The van der Waals surface area contributed by atoms with E-state index in [0.29, 0.717) is 5.56 Å². The van der Waals surface area contributed by atoms with Gasteiger partial charge in [-0.2, -0.15) is 5.10 Å². The molecule has 3 aromatic rings. The summed E-state index contributed by atoms with van der Waals surface area (Å²) in [7, 11) is 0. The highest BCUT2D eigenvalue weighted by Crippen LogP contribution is 2.30. The van der Waals surface area contributed by atoms with Crippen LogP contribution < -0.4 is 5.43 Å². The molecule has 0 unspecified atom stereocenters. The number of nitrogens with zero attached hydrogens (tertiary/aromatic N) is 1. The van der Waals surface area contributed by atoms with Crippen LogP contribution in [0.15, 0.2) is 87.0 Å². The molecular weight excluding hydrogens is 324 g/mol. The van der Waals surface area contributed by atoms with Crippen LogP contribution in [-0.2, 0) is 0 Å². The van der Waals surface area contributed by atoms with Gasteiger partial charge in [0, 0.05) is 14.7 Å². The van der Waals surface area contributed by atoms with Crippen molar-refractivity contribution in [2.24, 2.45) is 5.10 Å². The minimum Gasteiger partial charge on any atom is -0.267 e. The third kappa shape index (κ3) is 4.31. The third-order valence-electron chi connectivity index (χ3n) is 3.00. The van der Waals surface area contributed by atoms with Crippen LogP contribution in [0.2, 0.25) is 0 Å². The summed E-state index contributed by atoms with van der Waals surface area (Å²) in [4.78, 5) is 15.3. The molecule has 0 aliphatic carbocycles. The van der Waals surface area contributed by atoms with Crippen LogP contribution in [0.5, 0.6) is 0 Å². The topological polar surface area (TPSA) is 41.5 Å². The summed E-state index contributed by atoms with van der Waals surface area (Å²) in [5, 5.41) is 5.98. The molecule has 0 atom stereocenters. The second-order valence-corrected chi connectivity index (χ2v) is 6.72. The van der Waals surface area contributed by atoms with Crippen LogP contribution in [0.1, 0.15) is 15.2 Å². The van der Waals surface area contributed by atoms with E-state index in [9.17, 15) is 4.79 Å². The molecule has 3 nitrogen and oxygen atoms in total. The van der Waals surface area contributed by atoms with Gasteiger partial charge in [-0.05, 0) is 35.7 Å². The molecule has 0 aliphatic heterocycles. The molecule has 0 spiro atoms. The van der Waals surface area contributed by atoms with E-state index in [1.807, 2.05) is 66.0 Å². The Kier molecular flexibility index (Phi) is 5.24. The van der Waals surface area contributed by atoms with Crippen LogP contribution in [-0.4, -0.2) is 12.1 Å². The highest BCUT2D eigenvalue weighted by atomic mass is 32.2. The second kappa shape index (κ2) is 7.76. The maximum atomic E-state index is 12.3. The number of rotatable bonds is 5. The quantitative estimate of drug-likeness (QED) is 0.543. The number of thiophene rings is 1. The molecule has 0 bridgehead atoms. The fourth-order valence-electron chi connectivity index (χ4n) is 1.94. The van der Waals surface area contributed by atoms with Gasteiger partial charge in [0.1, 0.15) is 0 Å². The van der Waals surface area contributed by atoms with Crippen LogP contribution in [0.3, 0.4) is 0 Å². The minimum atomic E-state index is -0.211. The van der Waals surface area contributed by atoms with Crippen molar-refractivity contribution >= 4 is 35.2 Å². The van der Waals surface area contributed by atoms with E-state index in [4.69, 9.17) is 0 Å². The third-order valence-corrected chi connectivity index (χ3v) is 4.89. The predicted octanol–water partition coefficient (Wildman–Crippen LogP) is 4.66. The van der Waals surface area contributed by atoms with Gasteiger partial charge in [-0.15, -0.1) is 11.3 Å². The SMILES string of the molecule is O=C(NN=Cc1cccs1)c1ccccc1Sc1ccccc1. The van der Waals surface area contributed by atoms with Gasteiger partial charge in [0.05, 0.1) is 11.8 Å². The summed E-state index contributed by atoms with van der Waals surface area (Å²) < 4.78 is 0. The molecule has 0 fully saturated rings. The smallest absolute Gasteiger partial charge is 0.267 e. The number of benzene rings is 2. The zero-order valence-electron chi connectivity index (χ0n) is 12.2. The maximum absolute atomic E-state index is 12.3. The van der Waals surface area contributed by atoms with Crippen LogP contribution in [0, 0.1) is 0 Å². The average molecular weight is 338 g/mol. The molecule has 1 amide bonds. The molecule has 1 aromatic heterocycles. The minimum absolute atomic E-state index is 0.211. The molecule has 114 valence electrons. The zero-order valence-corrected chi connectivity index (χ0v) is 13.8. The summed E-state index contributed by atoms with van der Waals surface area (Å²) >= 11 is 3.13. The summed E-state index contributed by atoms with van der Waals surface area (Å²) in [6.45, 7) is 0. The first-order valence-electron chi connectivity index (χ1n) is 7.02. The van der Waals surface area contributed by atoms with Gasteiger partial charge in [-0.3, -0.25) is 4.79 Å². The molecule has 0 aliphatic rings. The Balaban J connectivity index is 1.73. The normalized spacial score (nSPS) is 10.8. The second-order valence-electron chi connectivity index (χ2n) is 4.63. The summed E-state index contributed by atoms with van der Waals surface area (Å²) in [5.74, 6) is -0.211. The van der Waals surface area contributed by atoms with Gasteiger partial charge >= 0.3 is 0 Å². The molecule has 3 rings (SSSR count). The van der Waals surface area contributed by atoms with Gasteiger partial charge in [-0.1, -0.05) is 48.2 Å². The number of carbonyl (C=O) groups is 1. The highest BCUT2D eigenvalue weighted by Gasteiger charge is 2.11. The van der Waals surface area contributed by atoms with E-state index < -0.39 is 0 Å². The molecule has 23 heavy (non-hydrogen) atoms. The van der Waals surface area contributed by atoms with E-state index in [1.54, 1.807) is 35.4 Å². The lowest BCUT2D eigenvalue weighted by molar-refractivity contribution is 0.0952. The Hall–Kier alpha value is -2.37. The van der Waals surface area contributed by atoms with Crippen molar-refractivity contribution < 1.29 is 4.79 Å². The number of carbonyl (C=O) groups excluding carboxylic acids is 1. The van der Waals surface area contributed by atoms with Gasteiger partial charge in [0.15, 0.2) is 0 Å². The fourth-order valence-corrected chi connectivity index (χ4v) is 3.49. The Morgan fingerprint density at radius 2 is 1.78 bits per heavy atom. The molecule has 2 aromatic carbocycles. The first-order valence-corrected chi connectivity index (χ1v) is 8.71. The molecular formula is C18H14N2OS2. The largest absolute Gasteiger partial charge is 0.272 e. The summed E-state index contributed by atoms with van der Waals surface area (Å²) in [6, 6.07) is 21.4.